The number of nitrogens with zero attached hydrogens (tertiary/aromatic N) is 2. The Labute approximate surface area is 122 Å². The van der Waals surface area contributed by atoms with Gasteiger partial charge in [0.1, 0.15) is 5.82 Å². The molecule has 1 aromatic carbocycles. The Morgan fingerprint density at radius 1 is 1.53 bits per heavy atom. The van der Waals surface area contributed by atoms with E-state index < -0.39 is 6.10 Å². The minimum Gasteiger partial charge on any atom is -0.388 e. The van der Waals surface area contributed by atoms with E-state index in [-0.39, 0.29) is 0 Å². The van der Waals surface area contributed by atoms with Crippen molar-refractivity contribution in [2.75, 3.05) is 0 Å². The average Bonchev–Trinajstić information content (AvgIpc) is 2.68. The lowest BCUT2D eigenvalue weighted by Gasteiger charge is -2.13. The second-order valence-corrected chi connectivity index (χ2v) is 5.94. The van der Waals surface area contributed by atoms with Crippen LogP contribution >= 0.6 is 38.5 Å². The van der Waals surface area contributed by atoms with Gasteiger partial charge in [-0.25, -0.2) is 4.98 Å². The van der Waals surface area contributed by atoms with Crippen LogP contribution in [0.5, 0.6) is 0 Å². The van der Waals surface area contributed by atoms with Crippen molar-refractivity contribution in [1.82, 2.24) is 9.55 Å². The van der Waals surface area contributed by atoms with Crippen molar-refractivity contribution in [3.63, 3.8) is 0 Å². The van der Waals surface area contributed by atoms with Crippen molar-refractivity contribution in [3.05, 3.63) is 50.0 Å². The van der Waals surface area contributed by atoms with Gasteiger partial charge in [-0.2, -0.15) is 0 Å². The van der Waals surface area contributed by atoms with E-state index in [4.69, 9.17) is 0 Å². The maximum Gasteiger partial charge on any atom is 0.111 e. The molecule has 90 valence electrons. The van der Waals surface area contributed by atoms with Gasteiger partial charge < -0.3 is 9.67 Å². The maximum absolute atomic E-state index is 10.2. The Kier molecular flexibility index (Phi) is 4.22. The first-order valence-corrected chi connectivity index (χ1v) is 7.04. The van der Waals surface area contributed by atoms with E-state index in [0.29, 0.717) is 6.42 Å². The lowest BCUT2D eigenvalue weighted by Crippen LogP contribution is -2.07. The molecule has 0 amide bonds. The van der Waals surface area contributed by atoms with Crippen LogP contribution in [0.1, 0.15) is 17.5 Å². The van der Waals surface area contributed by atoms with Gasteiger partial charge in [-0.05, 0) is 46.4 Å². The molecule has 0 fully saturated rings. The number of rotatable bonds is 3. The highest BCUT2D eigenvalue weighted by Gasteiger charge is 2.14. The molecule has 0 bridgehead atoms. The van der Waals surface area contributed by atoms with Crippen LogP contribution in [-0.2, 0) is 13.5 Å². The highest BCUT2D eigenvalue weighted by atomic mass is 127. The van der Waals surface area contributed by atoms with Gasteiger partial charge in [-0.15, -0.1) is 0 Å². The number of benzene rings is 1. The fourth-order valence-corrected chi connectivity index (χ4v) is 2.67. The highest BCUT2D eigenvalue weighted by Crippen LogP contribution is 2.27. The molecule has 1 heterocycles. The molecular formula is C12H12BrIN2O. The molecule has 3 nitrogen and oxygen atoms in total. The molecule has 2 aromatic rings. The number of aryl methyl sites for hydroxylation is 1. The fourth-order valence-electron chi connectivity index (χ4n) is 1.65. The number of aliphatic hydroxyl groups excluding tert-OH is 1. The van der Waals surface area contributed by atoms with E-state index in [2.05, 4.69) is 43.5 Å². The van der Waals surface area contributed by atoms with Crippen LogP contribution in [-0.4, -0.2) is 14.7 Å². The summed E-state index contributed by atoms with van der Waals surface area (Å²) in [6.07, 6.45) is 3.60. The van der Waals surface area contributed by atoms with Crippen LogP contribution < -0.4 is 0 Å². The molecule has 0 aliphatic carbocycles. The first-order chi connectivity index (χ1) is 8.08. The summed E-state index contributed by atoms with van der Waals surface area (Å²) >= 11 is 5.70. The second kappa shape index (κ2) is 5.49. The molecule has 0 saturated heterocycles. The van der Waals surface area contributed by atoms with Gasteiger partial charge >= 0.3 is 0 Å². The van der Waals surface area contributed by atoms with Crippen LogP contribution in [0.2, 0.25) is 0 Å². The van der Waals surface area contributed by atoms with Crippen molar-refractivity contribution in [2.24, 2.45) is 7.05 Å². The molecule has 0 saturated carbocycles. The molecule has 0 radical (unpaired) electrons. The first-order valence-electron chi connectivity index (χ1n) is 5.17. The maximum atomic E-state index is 10.2. The summed E-state index contributed by atoms with van der Waals surface area (Å²) in [4.78, 5) is 4.22. The summed E-state index contributed by atoms with van der Waals surface area (Å²) in [7, 11) is 1.93. The van der Waals surface area contributed by atoms with Gasteiger partial charge in [0.25, 0.3) is 0 Å². The smallest absolute Gasteiger partial charge is 0.111 e. The highest BCUT2D eigenvalue weighted by molar-refractivity contribution is 14.1. The lowest BCUT2D eigenvalue weighted by molar-refractivity contribution is 0.174. The summed E-state index contributed by atoms with van der Waals surface area (Å²) in [5.41, 5.74) is 0.903. The number of hydrogen-bond acceptors (Lipinski definition) is 2. The van der Waals surface area contributed by atoms with Gasteiger partial charge in [0.05, 0.1) is 6.10 Å². The SMILES string of the molecule is Cn1ccnc1CC(O)c1cc(I)ccc1Br. The largest absolute Gasteiger partial charge is 0.388 e. The predicted molar refractivity (Wildman–Crippen MR) is 78.7 cm³/mol. The first kappa shape index (κ1) is 13.0. The predicted octanol–water partition coefficient (Wildman–Crippen LogP) is 3.06. The zero-order valence-electron chi connectivity index (χ0n) is 9.27. The Bertz CT molecular complexity index is 527. The number of hydrogen-bond donors (Lipinski definition) is 1. The van der Waals surface area contributed by atoms with Crippen molar-refractivity contribution in [1.29, 1.82) is 0 Å². The average molecular weight is 407 g/mol. The van der Waals surface area contributed by atoms with Crippen LogP contribution in [0.25, 0.3) is 0 Å². The number of halogens is 2. The van der Waals surface area contributed by atoms with Crippen molar-refractivity contribution < 1.29 is 5.11 Å². The zero-order chi connectivity index (χ0) is 12.4. The van der Waals surface area contributed by atoms with E-state index in [1.54, 1.807) is 6.20 Å². The number of imidazole rings is 1. The molecule has 1 unspecified atom stereocenters. The minimum atomic E-state index is -0.541. The van der Waals surface area contributed by atoms with E-state index in [0.717, 1.165) is 19.4 Å². The molecule has 17 heavy (non-hydrogen) atoms. The van der Waals surface area contributed by atoms with Crippen molar-refractivity contribution in [2.45, 2.75) is 12.5 Å². The summed E-state index contributed by atoms with van der Waals surface area (Å²) in [5, 5.41) is 10.2. The van der Waals surface area contributed by atoms with Crippen molar-refractivity contribution >= 4 is 38.5 Å². The van der Waals surface area contributed by atoms with Gasteiger partial charge in [-0.3, -0.25) is 0 Å². The molecule has 0 aliphatic rings. The van der Waals surface area contributed by atoms with Gasteiger partial charge in [0, 0.05) is 33.9 Å². The van der Waals surface area contributed by atoms with Crippen LogP contribution in [0.3, 0.4) is 0 Å². The Balaban J connectivity index is 2.23. The number of aromatic nitrogens is 2. The number of aliphatic hydroxyl groups is 1. The molecule has 2 rings (SSSR count). The van der Waals surface area contributed by atoms with E-state index in [1.165, 1.54) is 0 Å². The zero-order valence-corrected chi connectivity index (χ0v) is 13.0. The fraction of sp³-hybridized carbons (Fsp3) is 0.250. The molecule has 5 heteroatoms. The van der Waals surface area contributed by atoms with Crippen LogP contribution in [0.4, 0.5) is 0 Å². The standard InChI is InChI=1S/C12H12BrIN2O/c1-16-5-4-15-12(16)7-11(17)9-6-8(14)2-3-10(9)13/h2-6,11,17H,7H2,1H3. The molecule has 1 aromatic heterocycles. The molecular weight excluding hydrogens is 395 g/mol. The third kappa shape index (κ3) is 3.08. The van der Waals surface area contributed by atoms with E-state index in [9.17, 15) is 5.11 Å². The third-order valence-electron chi connectivity index (χ3n) is 2.61. The van der Waals surface area contributed by atoms with Crippen LogP contribution in [0.15, 0.2) is 35.1 Å². The van der Waals surface area contributed by atoms with Gasteiger partial charge in [-0.1, -0.05) is 15.9 Å². The normalized spacial score (nSPS) is 12.7. The van der Waals surface area contributed by atoms with E-state index >= 15 is 0 Å². The summed E-state index contributed by atoms with van der Waals surface area (Å²) < 4.78 is 3.96. The monoisotopic (exact) mass is 406 g/mol. The Hall–Kier alpha value is -0.400. The molecule has 1 N–H and O–H groups in total. The van der Waals surface area contributed by atoms with Crippen LogP contribution in [0, 0.1) is 3.57 Å². The second-order valence-electron chi connectivity index (χ2n) is 3.84. The summed E-state index contributed by atoms with van der Waals surface area (Å²) in [6, 6.07) is 5.94. The quantitative estimate of drug-likeness (QED) is 0.795. The lowest BCUT2D eigenvalue weighted by atomic mass is 10.1. The summed E-state index contributed by atoms with van der Waals surface area (Å²) in [5.74, 6) is 0.878. The molecule has 1 atom stereocenters. The summed E-state index contributed by atoms with van der Waals surface area (Å²) in [6.45, 7) is 0. The third-order valence-corrected chi connectivity index (χ3v) is 4.01. The molecule has 0 aliphatic heterocycles. The van der Waals surface area contributed by atoms with E-state index in [1.807, 2.05) is 36.0 Å². The minimum absolute atomic E-state index is 0.516. The van der Waals surface area contributed by atoms with Crippen molar-refractivity contribution in [3.8, 4) is 0 Å². The Morgan fingerprint density at radius 2 is 2.29 bits per heavy atom. The van der Waals surface area contributed by atoms with Gasteiger partial charge in [0.15, 0.2) is 0 Å². The Morgan fingerprint density at radius 3 is 2.94 bits per heavy atom. The topological polar surface area (TPSA) is 38.0 Å². The molecule has 0 spiro atoms. The van der Waals surface area contributed by atoms with Gasteiger partial charge in [0.2, 0.25) is 0 Å².